The maximum Gasteiger partial charge on any atom is 0.259 e. The number of aromatic nitrogens is 2. The lowest BCUT2D eigenvalue weighted by Crippen LogP contribution is -2.38. The monoisotopic (exact) mass is 417 g/mol. The van der Waals surface area contributed by atoms with Gasteiger partial charge in [-0.1, -0.05) is 19.9 Å². The Kier molecular flexibility index (Phi) is 5.86. The quantitative estimate of drug-likeness (QED) is 0.566. The number of carbonyl (C=O) groups excluding carboxylic acids is 1. The minimum absolute atomic E-state index is 0.0756. The third-order valence-electron chi connectivity index (χ3n) is 5.50. The van der Waals surface area contributed by atoms with Crippen LogP contribution in [0.5, 0.6) is 5.88 Å². The van der Waals surface area contributed by atoms with E-state index in [0.717, 1.165) is 24.3 Å². The highest BCUT2D eigenvalue weighted by atomic mass is 16.5. The largest absolute Gasteiger partial charge is 0.481 e. The summed E-state index contributed by atoms with van der Waals surface area (Å²) in [5.41, 5.74) is 4.85. The number of carbonyl (C=O) groups is 1. The van der Waals surface area contributed by atoms with E-state index in [1.54, 1.807) is 31.6 Å². The van der Waals surface area contributed by atoms with Crippen molar-refractivity contribution in [3.8, 4) is 5.88 Å². The van der Waals surface area contributed by atoms with Gasteiger partial charge in [-0.05, 0) is 47.0 Å². The van der Waals surface area contributed by atoms with Gasteiger partial charge in [0.2, 0.25) is 5.88 Å². The molecule has 0 radical (unpaired) electrons. The number of hydrogen-bond donors (Lipinski definition) is 3. The number of fused-ring (bicyclic) bond motifs is 1. The number of pyridine rings is 2. The Hall–Kier alpha value is -3.45. The van der Waals surface area contributed by atoms with Gasteiger partial charge in [0.25, 0.3) is 5.91 Å². The summed E-state index contributed by atoms with van der Waals surface area (Å²) in [5, 5.41) is 9.71. The summed E-state index contributed by atoms with van der Waals surface area (Å²) in [5.74, 6) is 0.866. The molecular weight excluding hydrogens is 390 g/mol. The van der Waals surface area contributed by atoms with Gasteiger partial charge >= 0.3 is 0 Å². The molecule has 0 aliphatic carbocycles. The minimum Gasteiger partial charge on any atom is -0.481 e. The first-order chi connectivity index (χ1) is 15.0. The molecule has 1 aliphatic heterocycles. The lowest BCUT2D eigenvalue weighted by Gasteiger charge is -2.33. The molecule has 4 rings (SSSR count). The Labute approximate surface area is 182 Å². The molecule has 0 atom stereocenters. The maximum absolute atomic E-state index is 13.0. The first-order valence-corrected chi connectivity index (χ1v) is 10.3. The van der Waals surface area contributed by atoms with Crippen LogP contribution in [-0.4, -0.2) is 29.5 Å². The van der Waals surface area contributed by atoms with Crippen molar-refractivity contribution in [1.29, 1.82) is 0 Å². The van der Waals surface area contributed by atoms with Crippen molar-refractivity contribution in [3.05, 3.63) is 77.1 Å². The van der Waals surface area contributed by atoms with Gasteiger partial charge in [-0.15, -0.1) is 0 Å². The summed E-state index contributed by atoms with van der Waals surface area (Å²) in [6.45, 7) is 6.69. The van der Waals surface area contributed by atoms with Crippen LogP contribution in [0.25, 0.3) is 0 Å². The fourth-order valence-corrected chi connectivity index (χ4v) is 3.87. The highest BCUT2D eigenvalue weighted by Crippen LogP contribution is 2.31. The summed E-state index contributed by atoms with van der Waals surface area (Å²) >= 11 is 0. The number of rotatable bonds is 6. The zero-order valence-corrected chi connectivity index (χ0v) is 18.0. The Balaban J connectivity index is 1.49. The van der Waals surface area contributed by atoms with Crippen LogP contribution in [0.4, 0.5) is 11.5 Å². The van der Waals surface area contributed by atoms with E-state index in [-0.39, 0.29) is 11.3 Å². The summed E-state index contributed by atoms with van der Waals surface area (Å²) in [4.78, 5) is 21.5. The fourth-order valence-electron chi connectivity index (χ4n) is 3.87. The zero-order valence-electron chi connectivity index (χ0n) is 18.0. The van der Waals surface area contributed by atoms with E-state index < -0.39 is 0 Å². The molecule has 160 valence electrons. The van der Waals surface area contributed by atoms with Crippen molar-refractivity contribution in [2.24, 2.45) is 0 Å². The van der Waals surface area contributed by atoms with Crippen molar-refractivity contribution >= 4 is 17.4 Å². The number of benzene rings is 1. The number of nitrogens with one attached hydrogen (secondary N) is 3. The zero-order chi connectivity index (χ0) is 21.8. The Bertz CT molecular complexity index is 1100. The Morgan fingerprint density at radius 1 is 1.16 bits per heavy atom. The van der Waals surface area contributed by atoms with Crippen molar-refractivity contribution in [1.82, 2.24) is 15.3 Å². The molecule has 7 nitrogen and oxygen atoms in total. The van der Waals surface area contributed by atoms with Gasteiger partial charge in [-0.2, -0.15) is 0 Å². The average Bonchev–Trinajstić information content (AvgIpc) is 2.77. The summed E-state index contributed by atoms with van der Waals surface area (Å²) in [6.07, 6.45) is 3.35. The number of nitrogens with zero attached hydrogens (tertiary/aromatic N) is 2. The van der Waals surface area contributed by atoms with Crippen LogP contribution in [0.1, 0.15) is 40.9 Å². The SMILES string of the molecule is COc1cc(CNc2ncccc2C(=O)Nc2ccc3c(c2)CNCC3(C)C)ccn1. The average molecular weight is 418 g/mol. The molecular formula is C24H27N5O2. The summed E-state index contributed by atoms with van der Waals surface area (Å²) < 4.78 is 5.16. The second-order valence-corrected chi connectivity index (χ2v) is 8.27. The van der Waals surface area contributed by atoms with Crippen molar-refractivity contribution in [2.75, 3.05) is 24.3 Å². The third-order valence-corrected chi connectivity index (χ3v) is 5.50. The van der Waals surface area contributed by atoms with Crippen molar-refractivity contribution in [2.45, 2.75) is 32.4 Å². The van der Waals surface area contributed by atoms with E-state index in [2.05, 4.69) is 45.8 Å². The Morgan fingerprint density at radius 2 is 2.03 bits per heavy atom. The molecule has 7 heteroatoms. The Morgan fingerprint density at radius 3 is 2.87 bits per heavy atom. The molecule has 1 amide bonds. The predicted molar refractivity (Wildman–Crippen MR) is 121 cm³/mol. The van der Waals surface area contributed by atoms with Crippen molar-refractivity contribution < 1.29 is 9.53 Å². The van der Waals surface area contributed by atoms with E-state index in [4.69, 9.17) is 4.74 Å². The number of anilines is 2. The lowest BCUT2D eigenvalue weighted by atomic mass is 9.79. The molecule has 0 fully saturated rings. The van der Waals surface area contributed by atoms with Gasteiger partial charge in [0.15, 0.2) is 0 Å². The first-order valence-electron chi connectivity index (χ1n) is 10.3. The van der Waals surface area contributed by atoms with E-state index in [0.29, 0.717) is 23.8 Å². The van der Waals surface area contributed by atoms with Crippen LogP contribution in [-0.2, 0) is 18.5 Å². The molecule has 0 saturated carbocycles. The van der Waals surface area contributed by atoms with Crippen molar-refractivity contribution in [3.63, 3.8) is 0 Å². The number of hydrogen-bond acceptors (Lipinski definition) is 6. The molecule has 1 aromatic carbocycles. The van der Waals surface area contributed by atoms with Gasteiger partial charge < -0.3 is 20.7 Å². The molecule has 1 aliphatic rings. The van der Waals surface area contributed by atoms with Crippen LogP contribution in [0.2, 0.25) is 0 Å². The second-order valence-electron chi connectivity index (χ2n) is 8.27. The molecule has 2 aromatic heterocycles. The number of ether oxygens (including phenoxy) is 1. The van der Waals surface area contributed by atoms with E-state index in [1.165, 1.54) is 11.1 Å². The molecule has 3 heterocycles. The highest BCUT2D eigenvalue weighted by molar-refractivity contribution is 6.07. The van der Waals surface area contributed by atoms with Crippen LogP contribution in [0.3, 0.4) is 0 Å². The topological polar surface area (TPSA) is 88.2 Å². The predicted octanol–water partition coefficient (Wildman–Crippen LogP) is 3.73. The van der Waals surface area contributed by atoms with Gasteiger partial charge in [-0.25, -0.2) is 9.97 Å². The number of methoxy groups -OCH3 is 1. The molecule has 31 heavy (non-hydrogen) atoms. The normalized spacial score (nSPS) is 14.4. The molecule has 0 bridgehead atoms. The number of amides is 1. The van der Waals surface area contributed by atoms with E-state index >= 15 is 0 Å². The summed E-state index contributed by atoms with van der Waals surface area (Å²) in [6, 6.07) is 13.4. The molecule has 0 spiro atoms. The second kappa shape index (κ2) is 8.73. The molecule has 0 unspecified atom stereocenters. The van der Waals surface area contributed by atoms with Crippen LogP contribution < -0.4 is 20.7 Å². The third kappa shape index (κ3) is 4.67. The molecule has 3 N–H and O–H groups in total. The standard InChI is InChI=1S/C24H27N5O2/c1-24(2)15-25-14-17-12-18(6-7-20(17)24)29-23(30)19-5-4-9-27-22(19)28-13-16-8-10-26-21(11-16)31-3/h4-12,25H,13-15H2,1-3H3,(H,27,28)(H,29,30). The first kappa shape index (κ1) is 20.8. The summed E-state index contributed by atoms with van der Waals surface area (Å²) in [7, 11) is 1.58. The lowest BCUT2D eigenvalue weighted by molar-refractivity contribution is 0.102. The van der Waals surface area contributed by atoms with Gasteiger partial charge in [0.05, 0.1) is 12.7 Å². The minimum atomic E-state index is -0.203. The van der Waals surface area contributed by atoms with Crippen LogP contribution in [0, 0.1) is 0 Å². The van der Waals surface area contributed by atoms with Crippen LogP contribution in [0.15, 0.2) is 54.9 Å². The van der Waals surface area contributed by atoms with Gasteiger partial charge in [-0.3, -0.25) is 4.79 Å². The van der Waals surface area contributed by atoms with Crippen LogP contribution >= 0.6 is 0 Å². The smallest absolute Gasteiger partial charge is 0.259 e. The van der Waals surface area contributed by atoms with E-state index in [1.807, 2.05) is 24.3 Å². The van der Waals surface area contributed by atoms with Gasteiger partial charge in [0.1, 0.15) is 5.82 Å². The van der Waals surface area contributed by atoms with E-state index in [9.17, 15) is 4.79 Å². The van der Waals surface area contributed by atoms with Gasteiger partial charge in [0, 0.05) is 49.2 Å². The maximum atomic E-state index is 13.0. The highest BCUT2D eigenvalue weighted by Gasteiger charge is 2.27. The molecule has 0 saturated heterocycles. The molecule has 3 aromatic rings. The fraction of sp³-hybridized carbons (Fsp3) is 0.292.